The van der Waals surface area contributed by atoms with Gasteiger partial charge in [-0.25, -0.2) is 12.8 Å². The summed E-state index contributed by atoms with van der Waals surface area (Å²) in [5, 5.41) is 7.36. The summed E-state index contributed by atoms with van der Waals surface area (Å²) in [4.78, 5) is 11.0. The molecule has 2 atom stereocenters. The molecule has 0 bridgehead atoms. The molecule has 1 heterocycles. The lowest BCUT2D eigenvalue weighted by Crippen LogP contribution is -2.58. The Labute approximate surface area is 142 Å². The van der Waals surface area contributed by atoms with E-state index in [1.54, 1.807) is 0 Å². The Morgan fingerprint density at radius 2 is 2.00 bits per heavy atom. The fraction of sp³-hybridized carbons (Fsp3) is 0.778. The van der Waals surface area contributed by atoms with Crippen molar-refractivity contribution >= 4 is 67.9 Å². The molecule has 0 aliphatic carbocycles. The van der Waals surface area contributed by atoms with Crippen LogP contribution in [0.3, 0.4) is 0 Å². The van der Waals surface area contributed by atoms with Crippen molar-refractivity contribution in [2.75, 3.05) is 18.2 Å². The Morgan fingerprint density at radius 3 is 2.43 bits per heavy atom. The smallest absolute Gasteiger partial charge is 0.253 e. The molecule has 1 aliphatic rings. The lowest BCUT2D eigenvalue weighted by atomic mass is 10.3. The van der Waals surface area contributed by atoms with Crippen LogP contribution in [0.25, 0.3) is 0 Å². The van der Waals surface area contributed by atoms with Gasteiger partial charge in [-0.15, -0.1) is 0 Å². The summed E-state index contributed by atoms with van der Waals surface area (Å²) in [7, 11) is -3.07. The van der Waals surface area contributed by atoms with Crippen LogP contribution in [0.4, 0.5) is 4.39 Å². The number of sulfone groups is 1. The minimum absolute atomic E-state index is 0.00687. The molecule has 1 aliphatic heterocycles. The number of halogens is 4. The van der Waals surface area contributed by atoms with E-state index < -0.39 is 32.4 Å². The number of thiocarbonyl (C=S) groups is 1. The fourth-order valence-corrected chi connectivity index (χ4v) is 3.95. The number of nitrogens with one attached hydrogen (secondary N) is 3. The van der Waals surface area contributed by atoms with Crippen LogP contribution in [-0.4, -0.2) is 53.6 Å². The van der Waals surface area contributed by atoms with Crippen molar-refractivity contribution < 1.29 is 17.6 Å². The average molecular weight is 401 g/mol. The Balaban J connectivity index is 2.58. The highest BCUT2D eigenvalue weighted by Gasteiger charge is 2.35. The number of carbonyl (C=O) groups is 1. The summed E-state index contributed by atoms with van der Waals surface area (Å²) in [6, 6.07) is -0.358. The second kappa shape index (κ2) is 7.45. The topological polar surface area (TPSA) is 87.3 Å². The van der Waals surface area contributed by atoms with Gasteiger partial charge in [-0.1, -0.05) is 34.8 Å². The third kappa shape index (κ3) is 6.68. The lowest BCUT2D eigenvalue weighted by molar-refractivity contribution is -0.122. The van der Waals surface area contributed by atoms with Gasteiger partial charge in [0.2, 0.25) is 3.79 Å². The molecular weight excluding hydrogens is 388 g/mol. The number of rotatable bonds is 4. The maximum atomic E-state index is 12.2. The molecule has 122 valence electrons. The van der Waals surface area contributed by atoms with Gasteiger partial charge in [-0.3, -0.25) is 4.79 Å². The fourth-order valence-electron chi connectivity index (χ4n) is 1.67. The van der Waals surface area contributed by atoms with Gasteiger partial charge >= 0.3 is 0 Å². The number of amides is 1. The van der Waals surface area contributed by atoms with Crippen molar-refractivity contribution in [2.45, 2.75) is 22.4 Å². The van der Waals surface area contributed by atoms with E-state index >= 15 is 0 Å². The van der Waals surface area contributed by atoms with E-state index in [-0.39, 0.29) is 22.7 Å². The molecule has 0 aromatic carbocycles. The van der Waals surface area contributed by atoms with Gasteiger partial charge in [0, 0.05) is 6.04 Å². The highest BCUT2D eigenvalue weighted by molar-refractivity contribution is 7.91. The van der Waals surface area contributed by atoms with Gasteiger partial charge < -0.3 is 16.0 Å². The zero-order valence-electron chi connectivity index (χ0n) is 10.5. The van der Waals surface area contributed by atoms with Crippen LogP contribution >= 0.6 is 47.0 Å². The molecule has 2 unspecified atom stereocenters. The molecule has 12 heteroatoms. The molecular formula is C9H13Cl3FN3O3S2. The van der Waals surface area contributed by atoms with E-state index in [2.05, 4.69) is 16.0 Å². The van der Waals surface area contributed by atoms with E-state index in [4.69, 9.17) is 47.0 Å². The number of alkyl halides is 4. The molecule has 0 aromatic rings. The molecule has 3 N–H and O–H groups in total. The number of carbonyl (C=O) groups excluding carboxylic acids is 1. The zero-order valence-corrected chi connectivity index (χ0v) is 14.4. The minimum Gasteiger partial charge on any atom is -0.359 e. The van der Waals surface area contributed by atoms with Crippen molar-refractivity contribution in [2.24, 2.45) is 0 Å². The van der Waals surface area contributed by atoms with Crippen LogP contribution in [0.15, 0.2) is 0 Å². The van der Waals surface area contributed by atoms with Crippen LogP contribution in [0.1, 0.15) is 6.42 Å². The van der Waals surface area contributed by atoms with E-state index in [9.17, 15) is 17.6 Å². The third-order valence-electron chi connectivity index (χ3n) is 2.60. The molecule has 1 saturated heterocycles. The molecule has 0 spiro atoms. The van der Waals surface area contributed by atoms with E-state index in [0.717, 1.165) is 0 Å². The van der Waals surface area contributed by atoms with E-state index in [0.29, 0.717) is 6.42 Å². The largest absolute Gasteiger partial charge is 0.359 e. The van der Waals surface area contributed by atoms with Gasteiger partial charge in [-0.2, -0.15) is 0 Å². The monoisotopic (exact) mass is 399 g/mol. The molecule has 21 heavy (non-hydrogen) atoms. The first-order valence-electron chi connectivity index (χ1n) is 5.73. The predicted molar refractivity (Wildman–Crippen MR) is 84.1 cm³/mol. The molecule has 1 rings (SSSR count). The molecule has 0 aromatic heterocycles. The molecule has 6 nitrogen and oxygen atoms in total. The van der Waals surface area contributed by atoms with Crippen LogP contribution in [-0.2, 0) is 14.6 Å². The molecule has 1 amide bonds. The van der Waals surface area contributed by atoms with Gasteiger partial charge in [0.25, 0.3) is 5.91 Å². The lowest BCUT2D eigenvalue weighted by Gasteiger charge is -2.28. The van der Waals surface area contributed by atoms with Crippen LogP contribution in [0, 0.1) is 0 Å². The van der Waals surface area contributed by atoms with Gasteiger partial charge in [0.05, 0.1) is 11.5 Å². The number of hydrogen-bond acceptors (Lipinski definition) is 4. The Hall–Kier alpha value is -0.0900. The van der Waals surface area contributed by atoms with Crippen molar-refractivity contribution in [1.29, 1.82) is 0 Å². The van der Waals surface area contributed by atoms with Crippen molar-refractivity contribution in [3.05, 3.63) is 0 Å². The van der Waals surface area contributed by atoms with E-state index in [1.807, 2.05) is 0 Å². The van der Waals surface area contributed by atoms with Crippen molar-refractivity contribution in [3.63, 3.8) is 0 Å². The quantitative estimate of drug-likeness (QED) is 0.360. The maximum Gasteiger partial charge on any atom is 0.253 e. The van der Waals surface area contributed by atoms with Gasteiger partial charge in [0.1, 0.15) is 6.17 Å². The summed E-state index contributed by atoms with van der Waals surface area (Å²) in [6.45, 7) is -1.28. The second-order valence-electron chi connectivity index (χ2n) is 4.39. The molecule has 0 radical (unpaired) electrons. The van der Waals surface area contributed by atoms with Crippen LogP contribution in [0.5, 0.6) is 0 Å². The first-order chi connectivity index (χ1) is 9.53. The Kier molecular flexibility index (Phi) is 6.73. The zero-order chi connectivity index (χ0) is 16.3. The normalized spacial score (nSPS) is 22.4. The first kappa shape index (κ1) is 19.0. The van der Waals surface area contributed by atoms with Crippen LogP contribution < -0.4 is 16.0 Å². The van der Waals surface area contributed by atoms with Crippen molar-refractivity contribution in [1.82, 2.24) is 16.0 Å². The molecule has 1 fully saturated rings. The average Bonchev–Trinajstić information content (AvgIpc) is 2.66. The van der Waals surface area contributed by atoms with Crippen LogP contribution in [0.2, 0.25) is 0 Å². The summed E-state index contributed by atoms with van der Waals surface area (Å²) < 4.78 is 32.9. The number of hydrogen-bond donors (Lipinski definition) is 3. The Morgan fingerprint density at radius 1 is 1.38 bits per heavy atom. The highest BCUT2D eigenvalue weighted by atomic mass is 35.6. The first-order valence-corrected chi connectivity index (χ1v) is 9.09. The molecule has 0 saturated carbocycles. The predicted octanol–water partition coefficient (Wildman–Crippen LogP) is 0.420. The highest BCUT2D eigenvalue weighted by Crippen LogP contribution is 2.29. The van der Waals surface area contributed by atoms with E-state index in [1.165, 1.54) is 0 Å². The Bertz CT molecular complexity index is 512. The third-order valence-corrected chi connectivity index (χ3v) is 5.26. The maximum absolute atomic E-state index is 12.2. The van der Waals surface area contributed by atoms with Gasteiger partial charge in [-0.05, 0) is 18.6 Å². The SMILES string of the molecule is O=C(CF)NC(NC(=S)NC1CCS(=O)(=O)C1)C(Cl)(Cl)Cl. The second-order valence-corrected chi connectivity index (χ2v) is 9.40. The standard InChI is InChI=1S/C9H13Cl3FN3O3S2/c10-9(11,12)7(15-6(17)3-13)16-8(20)14-5-1-2-21(18,19)4-5/h5,7H,1-4H2,(H,15,17)(H2,14,16,20). The van der Waals surface area contributed by atoms with Gasteiger partial charge in [0.15, 0.2) is 21.6 Å². The summed E-state index contributed by atoms with van der Waals surface area (Å²) in [5.74, 6) is -0.964. The minimum atomic E-state index is -3.07. The summed E-state index contributed by atoms with van der Waals surface area (Å²) in [5.41, 5.74) is 0. The van der Waals surface area contributed by atoms with Crippen molar-refractivity contribution in [3.8, 4) is 0 Å². The summed E-state index contributed by atoms with van der Waals surface area (Å²) in [6.07, 6.45) is -0.858. The summed E-state index contributed by atoms with van der Waals surface area (Å²) >= 11 is 21.9.